The van der Waals surface area contributed by atoms with E-state index < -0.39 is 21.5 Å². The molecule has 2 rings (SSSR count). The average Bonchev–Trinajstić information content (AvgIpc) is 2.96. The standard InChI is InChI=1S/C16H20N2O5S/c1-16(2,3)18-24(20,21)14-10-9-13(23-14)15(19)17-11-7-5-6-8-12(11)22-4/h5-10,18H,1-4H3,(H,17,19). The van der Waals surface area contributed by atoms with Gasteiger partial charge in [-0.3, -0.25) is 4.79 Å². The van der Waals surface area contributed by atoms with Gasteiger partial charge in [0.25, 0.3) is 15.9 Å². The van der Waals surface area contributed by atoms with Crippen LogP contribution in [0.1, 0.15) is 31.3 Å². The smallest absolute Gasteiger partial charge is 0.291 e. The van der Waals surface area contributed by atoms with E-state index in [0.29, 0.717) is 11.4 Å². The fraction of sp³-hybridized carbons (Fsp3) is 0.312. The number of carbonyl (C=O) groups excluding carboxylic acids is 1. The Morgan fingerprint density at radius 2 is 1.79 bits per heavy atom. The molecule has 0 saturated carbocycles. The third-order valence-electron chi connectivity index (χ3n) is 2.87. The normalized spacial score (nSPS) is 12.0. The first-order valence-electron chi connectivity index (χ1n) is 7.20. The fourth-order valence-corrected chi connectivity index (χ4v) is 3.33. The Morgan fingerprint density at radius 3 is 2.42 bits per heavy atom. The molecule has 0 atom stereocenters. The minimum atomic E-state index is -3.84. The highest BCUT2D eigenvalue weighted by atomic mass is 32.2. The highest BCUT2D eigenvalue weighted by Crippen LogP contribution is 2.24. The number of nitrogens with one attached hydrogen (secondary N) is 2. The summed E-state index contributed by atoms with van der Waals surface area (Å²) in [6, 6.07) is 9.42. The summed E-state index contributed by atoms with van der Waals surface area (Å²) >= 11 is 0. The minimum Gasteiger partial charge on any atom is -0.495 e. The average molecular weight is 352 g/mol. The number of benzene rings is 1. The second-order valence-electron chi connectivity index (χ2n) is 6.13. The van der Waals surface area contributed by atoms with Crippen molar-refractivity contribution < 1.29 is 22.4 Å². The molecule has 2 N–H and O–H groups in total. The van der Waals surface area contributed by atoms with Crippen LogP contribution in [0, 0.1) is 0 Å². The number of para-hydroxylation sites is 2. The van der Waals surface area contributed by atoms with Crippen LogP contribution in [0.5, 0.6) is 5.75 Å². The molecule has 0 bridgehead atoms. The van der Waals surface area contributed by atoms with Gasteiger partial charge in [-0.15, -0.1) is 0 Å². The van der Waals surface area contributed by atoms with Crippen molar-refractivity contribution in [3.05, 3.63) is 42.2 Å². The summed E-state index contributed by atoms with van der Waals surface area (Å²) in [6.45, 7) is 5.13. The van der Waals surface area contributed by atoms with Gasteiger partial charge in [0.15, 0.2) is 5.76 Å². The van der Waals surface area contributed by atoms with E-state index in [0.717, 1.165) is 0 Å². The van der Waals surface area contributed by atoms with Gasteiger partial charge in [0, 0.05) is 5.54 Å². The van der Waals surface area contributed by atoms with Gasteiger partial charge >= 0.3 is 0 Å². The van der Waals surface area contributed by atoms with Crippen LogP contribution in [0.25, 0.3) is 0 Å². The Morgan fingerprint density at radius 1 is 1.12 bits per heavy atom. The SMILES string of the molecule is COc1ccccc1NC(=O)c1ccc(S(=O)(=O)NC(C)(C)C)o1. The van der Waals surface area contributed by atoms with Crippen LogP contribution in [0.4, 0.5) is 5.69 Å². The number of hydrogen-bond acceptors (Lipinski definition) is 5. The molecule has 1 amide bonds. The van der Waals surface area contributed by atoms with Crippen LogP contribution in [0.2, 0.25) is 0 Å². The summed E-state index contributed by atoms with van der Waals surface area (Å²) in [5.41, 5.74) is -0.204. The van der Waals surface area contributed by atoms with E-state index in [2.05, 4.69) is 10.0 Å². The van der Waals surface area contributed by atoms with Gasteiger partial charge in [0.1, 0.15) is 5.75 Å². The van der Waals surface area contributed by atoms with Crippen LogP contribution in [-0.2, 0) is 10.0 Å². The van der Waals surface area contributed by atoms with Crippen molar-refractivity contribution in [2.24, 2.45) is 0 Å². The fourth-order valence-electron chi connectivity index (χ4n) is 1.97. The molecule has 1 aromatic carbocycles. The number of sulfonamides is 1. The number of amides is 1. The summed E-state index contributed by atoms with van der Waals surface area (Å²) in [5.74, 6) is -0.202. The van der Waals surface area contributed by atoms with Crippen LogP contribution in [0.15, 0.2) is 45.9 Å². The Kier molecular flexibility index (Phi) is 5.00. The third kappa shape index (κ3) is 4.36. The van der Waals surface area contributed by atoms with E-state index in [9.17, 15) is 13.2 Å². The predicted octanol–water partition coefficient (Wildman–Crippen LogP) is 2.62. The van der Waals surface area contributed by atoms with Crippen molar-refractivity contribution in [2.45, 2.75) is 31.4 Å². The molecule has 7 nitrogen and oxygen atoms in total. The topological polar surface area (TPSA) is 97.6 Å². The van der Waals surface area contributed by atoms with Gasteiger partial charge in [-0.05, 0) is 45.0 Å². The lowest BCUT2D eigenvalue weighted by Gasteiger charge is -2.18. The molecule has 0 aliphatic rings. The van der Waals surface area contributed by atoms with Crippen LogP contribution in [-0.4, -0.2) is 27.0 Å². The number of rotatable bonds is 5. The number of methoxy groups -OCH3 is 1. The molecule has 24 heavy (non-hydrogen) atoms. The van der Waals surface area contributed by atoms with Crippen molar-refractivity contribution in [2.75, 3.05) is 12.4 Å². The number of furan rings is 1. The Hall–Kier alpha value is -2.32. The van der Waals surface area contributed by atoms with E-state index in [1.807, 2.05) is 0 Å². The van der Waals surface area contributed by atoms with Gasteiger partial charge in [-0.2, -0.15) is 0 Å². The van der Waals surface area contributed by atoms with Crippen LogP contribution >= 0.6 is 0 Å². The molecule has 1 aromatic heterocycles. The molecule has 2 aromatic rings. The van der Waals surface area contributed by atoms with Crippen molar-refractivity contribution in [3.8, 4) is 5.75 Å². The lowest BCUT2D eigenvalue weighted by Crippen LogP contribution is -2.40. The van der Waals surface area contributed by atoms with Gasteiger partial charge in [-0.25, -0.2) is 13.1 Å². The lowest BCUT2D eigenvalue weighted by atomic mass is 10.1. The maximum Gasteiger partial charge on any atom is 0.291 e. The third-order valence-corrected chi connectivity index (χ3v) is 4.50. The summed E-state index contributed by atoms with van der Waals surface area (Å²) in [6.07, 6.45) is 0. The molecular weight excluding hydrogens is 332 g/mol. The van der Waals surface area contributed by atoms with Crippen molar-refractivity contribution in [1.29, 1.82) is 0 Å². The zero-order valence-electron chi connectivity index (χ0n) is 13.9. The number of carbonyl (C=O) groups is 1. The Bertz CT molecular complexity index is 834. The van der Waals surface area contributed by atoms with E-state index in [-0.39, 0.29) is 10.9 Å². The zero-order chi connectivity index (χ0) is 18.0. The molecule has 1 heterocycles. The monoisotopic (exact) mass is 352 g/mol. The van der Waals surface area contributed by atoms with Gasteiger partial charge in [0.05, 0.1) is 12.8 Å². The number of ether oxygens (including phenoxy) is 1. The van der Waals surface area contributed by atoms with Gasteiger partial charge in [-0.1, -0.05) is 12.1 Å². The van der Waals surface area contributed by atoms with Gasteiger partial charge < -0.3 is 14.5 Å². The molecule has 0 fully saturated rings. The highest BCUT2D eigenvalue weighted by Gasteiger charge is 2.26. The largest absolute Gasteiger partial charge is 0.495 e. The second-order valence-corrected chi connectivity index (χ2v) is 7.74. The molecule has 0 saturated heterocycles. The molecule has 130 valence electrons. The molecule has 0 radical (unpaired) electrons. The first-order chi connectivity index (χ1) is 11.1. The molecule has 0 aliphatic heterocycles. The second kappa shape index (κ2) is 6.66. The number of hydrogen-bond donors (Lipinski definition) is 2. The predicted molar refractivity (Wildman–Crippen MR) is 89.7 cm³/mol. The van der Waals surface area contributed by atoms with Crippen LogP contribution in [0.3, 0.4) is 0 Å². The summed E-state index contributed by atoms with van der Waals surface area (Å²) in [5, 5.41) is 2.30. The summed E-state index contributed by atoms with van der Waals surface area (Å²) < 4.78 is 37.2. The number of anilines is 1. The highest BCUT2D eigenvalue weighted by molar-refractivity contribution is 7.89. The zero-order valence-corrected chi connectivity index (χ0v) is 14.7. The molecule has 0 aliphatic carbocycles. The Balaban J connectivity index is 2.20. The Labute approximate surface area is 141 Å². The first kappa shape index (κ1) is 18.0. The quantitative estimate of drug-likeness (QED) is 0.862. The van der Waals surface area contributed by atoms with Gasteiger partial charge in [0.2, 0.25) is 5.09 Å². The van der Waals surface area contributed by atoms with Crippen LogP contribution < -0.4 is 14.8 Å². The summed E-state index contributed by atoms with van der Waals surface area (Å²) in [4.78, 5) is 12.2. The molecule has 0 spiro atoms. The van der Waals surface area contributed by atoms with E-state index in [4.69, 9.17) is 9.15 Å². The minimum absolute atomic E-state index is 0.116. The van der Waals surface area contributed by atoms with Crippen molar-refractivity contribution in [3.63, 3.8) is 0 Å². The van der Waals surface area contributed by atoms with E-state index in [1.165, 1.54) is 19.2 Å². The molecule has 0 unspecified atom stereocenters. The maximum absolute atomic E-state index is 12.2. The summed E-state index contributed by atoms with van der Waals surface area (Å²) in [7, 11) is -2.35. The van der Waals surface area contributed by atoms with E-state index >= 15 is 0 Å². The van der Waals surface area contributed by atoms with E-state index in [1.54, 1.807) is 45.0 Å². The molecular formula is C16H20N2O5S. The maximum atomic E-state index is 12.2. The lowest BCUT2D eigenvalue weighted by molar-refractivity contribution is 0.0991. The van der Waals surface area contributed by atoms with Crippen molar-refractivity contribution in [1.82, 2.24) is 4.72 Å². The molecule has 8 heteroatoms. The first-order valence-corrected chi connectivity index (χ1v) is 8.69. The van der Waals surface area contributed by atoms with Crippen molar-refractivity contribution >= 4 is 21.6 Å².